The predicted molar refractivity (Wildman–Crippen MR) is 96.3 cm³/mol. The number of rotatable bonds is 7. The number of nitrogens with two attached hydrogens (primary N) is 1. The second-order valence-electron chi connectivity index (χ2n) is 5.88. The van der Waals surface area contributed by atoms with E-state index in [9.17, 15) is 9.90 Å². The van der Waals surface area contributed by atoms with E-state index in [1.807, 2.05) is 0 Å². The first kappa shape index (κ1) is 21.5. The van der Waals surface area contributed by atoms with Crippen molar-refractivity contribution in [1.82, 2.24) is 5.32 Å². The van der Waals surface area contributed by atoms with Crippen LogP contribution in [0.1, 0.15) is 24.5 Å². The highest BCUT2D eigenvalue weighted by molar-refractivity contribution is 5.85. The van der Waals surface area contributed by atoms with Crippen molar-refractivity contribution in [2.45, 2.75) is 25.0 Å². The zero-order valence-corrected chi connectivity index (χ0v) is 15.4. The van der Waals surface area contributed by atoms with Gasteiger partial charge in [-0.3, -0.25) is 4.79 Å². The Kier molecular flexibility index (Phi) is 8.99. The lowest BCUT2D eigenvalue weighted by Gasteiger charge is -2.27. The molecule has 2 unspecified atom stereocenters. The number of carbonyl (C=O) groups excluding carboxylic acids is 1. The number of amides is 1. The minimum Gasteiger partial charge on any atom is -0.497 e. The van der Waals surface area contributed by atoms with E-state index in [4.69, 9.17) is 19.9 Å². The largest absolute Gasteiger partial charge is 0.497 e. The van der Waals surface area contributed by atoms with Crippen LogP contribution in [0.4, 0.5) is 0 Å². The zero-order valence-electron chi connectivity index (χ0n) is 14.6. The molecule has 4 N–H and O–H groups in total. The van der Waals surface area contributed by atoms with Crippen molar-refractivity contribution in [2.24, 2.45) is 11.7 Å². The van der Waals surface area contributed by atoms with Crippen LogP contribution in [0.2, 0.25) is 0 Å². The maximum Gasteiger partial charge on any atom is 0.237 e. The van der Waals surface area contributed by atoms with E-state index in [-0.39, 0.29) is 30.8 Å². The van der Waals surface area contributed by atoms with Gasteiger partial charge in [0.25, 0.3) is 0 Å². The fourth-order valence-electron chi connectivity index (χ4n) is 2.74. The molecule has 1 saturated heterocycles. The highest BCUT2D eigenvalue weighted by Gasteiger charge is 2.26. The molecule has 142 valence electrons. The standard InChI is InChI=1S/C17H26N2O5.ClH/c1-22-13-7-12(8-14(9-13)23-2)15(20)10-19-17(21)16(18)11-3-5-24-6-4-11;/h7-9,11,15-16,20H,3-6,10,18H2,1-2H3,(H,19,21);1H. The number of benzene rings is 1. The van der Waals surface area contributed by atoms with Gasteiger partial charge in [-0.05, 0) is 36.5 Å². The molecule has 8 heteroatoms. The fourth-order valence-corrected chi connectivity index (χ4v) is 2.74. The summed E-state index contributed by atoms with van der Waals surface area (Å²) in [5.41, 5.74) is 6.62. The van der Waals surface area contributed by atoms with Crippen LogP contribution in [0, 0.1) is 5.92 Å². The minimum atomic E-state index is -0.875. The van der Waals surface area contributed by atoms with Crippen molar-refractivity contribution in [2.75, 3.05) is 34.0 Å². The molecule has 1 aromatic carbocycles. The van der Waals surface area contributed by atoms with Gasteiger partial charge in [-0.2, -0.15) is 0 Å². The Balaban J connectivity index is 0.00000312. The number of nitrogens with one attached hydrogen (secondary N) is 1. The molecule has 1 aromatic rings. The van der Waals surface area contributed by atoms with E-state index in [1.54, 1.807) is 32.4 Å². The summed E-state index contributed by atoms with van der Waals surface area (Å²) in [4.78, 5) is 12.2. The molecule has 1 aliphatic heterocycles. The van der Waals surface area contributed by atoms with Crippen LogP contribution in [-0.4, -0.2) is 51.0 Å². The SMILES string of the molecule is COc1cc(OC)cc(C(O)CNC(=O)C(N)C2CCOCC2)c1.Cl. The van der Waals surface area contributed by atoms with Gasteiger partial charge in [-0.1, -0.05) is 0 Å². The lowest BCUT2D eigenvalue weighted by Crippen LogP contribution is -2.47. The average Bonchev–Trinajstić information content (AvgIpc) is 2.65. The molecule has 1 fully saturated rings. The number of aliphatic hydroxyl groups excluding tert-OH is 1. The minimum absolute atomic E-state index is 0. The van der Waals surface area contributed by atoms with Crippen LogP contribution >= 0.6 is 12.4 Å². The van der Waals surface area contributed by atoms with Gasteiger partial charge in [-0.25, -0.2) is 0 Å². The van der Waals surface area contributed by atoms with Gasteiger partial charge in [0.15, 0.2) is 0 Å². The number of ether oxygens (including phenoxy) is 3. The number of hydrogen-bond acceptors (Lipinski definition) is 6. The van der Waals surface area contributed by atoms with Gasteiger partial charge >= 0.3 is 0 Å². The van der Waals surface area contributed by atoms with Crippen molar-refractivity contribution in [1.29, 1.82) is 0 Å². The van der Waals surface area contributed by atoms with Gasteiger partial charge in [0.05, 0.1) is 26.4 Å². The Labute approximate surface area is 154 Å². The first-order valence-corrected chi connectivity index (χ1v) is 8.07. The van der Waals surface area contributed by atoms with Crippen molar-refractivity contribution in [3.05, 3.63) is 23.8 Å². The van der Waals surface area contributed by atoms with Crippen molar-refractivity contribution in [3.8, 4) is 11.5 Å². The Morgan fingerprint density at radius 1 is 1.28 bits per heavy atom. The first-order valence-electron chi connectivity index (χ1n) is 8.07. The fraction of sp³-hybridized carbons (Fsp3) is 0.588. The molecule has 2 rings (SSSR count). The second kappa shape index (κ2) is 10.5. The molecule has 1 aliphatic rings. The molecule has 0 bridgehead atoms. The Morgan fingerprint density at radius 3 is 2.36 bits per heavy atom. The summed E-state index contributed by atoms with van der Waals surface area (Å²) in [6.45, 7) is 1.35. The number of carbonyl (C=O) groups is 1. The van der Waals surface area contributed by atoms with Gasteiger partial charge in [0.2, 0.25) is 5.91 Å². The highest BCUT2D eigenvalue weighted by Crippen LogP contribution is 2.26. The highest BCUT2D eigenvalue weighted by atomic mass is 35.5. The maximum atomic E-state index is 12.2. The Bertz CT molecular complexity index is 530. The molecule has 1 amide bonds. The summed E-state index contributed by atoms with van der Waals surface area (Å²) < 4.78 is 15.6. The molecule has 0 saturated carbocycles. The van der Waals surface area contributed by atoms with Crippen LogP contribution < -0.4 is 20.5 Å². The third-order valence-electron chi connectivity index (χ3n) is 4.30. The molecule has 0 aromatic heterocycles. The van der Waals surface area contributed by atoms with Gasteiger partial charge < -0.3 is 30.4 Å². The molecule has 0 radical (unpaired) electrons. The average molecular weight is 375 g/mol. The molecule has 2 atom stereocenters. The lowest BCUT2D eigenvalue weighted by atomic mass is 9.92. The second-order valence-corrected chi connectivity index (χ2v) is 5.88. The third kappa shape index (κ3) is 6.04. The van der Waals surface area contributed by atoms with Gasteiger partial charge in [0.1, 0.15) is 11.5 Å². The van der Waals surface area contributed by atoms with E-state index < -0.39 is 12.1 Å². The van der Waals surface area contributed by atoms with Gasteiger partial charge in [-0.15, -0.1) is 12.4 Å². The van der Waals surface area contributed by atoms with E-state index in [2.05, 4.69) is 5.32 Å². The number of aliphatic hydroxyl groups is 1. The zero-order chi connectivity index (χ0) is 17.5. The van der Waals surface area contributed by atoms with Crippen molar-refractivity contribution >= 4 is 18.3 Å². The summed E-state index contributed by atoms with van der Waals surface area (Å²) >= 11 is 0. The summed E-state index contributed by atoms with van der Waals surface area (Å²) in [5.74, 6) is 1.02. The van der Waals surface area contributed by atoms with E-state index >= 15 is 0 Å². The molecule has 0 aliphatic carbocycles. The molecule has 0 spiro atoms. The van der Waals surface area contributed by atoms with E-state index in [0.717, 1.165) is 12.8 Å². The lowest BCUT2D eigenvalue weighted by molar-refractivity contribution is -0.124. The van der Waals surface area contributed by atoms with Crippen LogP contribution in [0.15, 0.2) is 18.2 Å². The normalized spacial score (nSPS) is 17.1. The third-order valence-corrected chi connectivity index (χ3v) is 4.30. The molecule has 1 heterocycles. The van der Waals surface area contributed by atoms with Crippen LogP contribution in [0.5, 0.6) is 11.5 Å². The molecule has 25 heavy (non-hydrogen) atoms. The van der Waals surface area contributed by atoms with Crippen LogP contribution in [0.25, 0.3) is 0 Å². The smallest absolute Gasteiger partial charge is 0.237 e. The van der Waals surface area contributed by atoms with Crippen molar-refractivity contribution in [3.63, 3.8) is 0 Å². The number of methoxy groups -OCH3 is 2. The van der Waals surface area contributed by atoms with Crippen LogP contribution in [-0.2, 0) is 9.53 Å². The Hall–Kier alpha value is -1.54. The predicted octanol–water partition coefficient (Wildman–Crippen LogP) is 1.03. The number of hydrogen-bond donors (Lipinski definition) is 3. The van der Waals surface area contributed by atoms with E-state index in [0.29, 0.717) is 30.3 Å². The summed E-state index contributed by atoms with van der Waals surface area (Å²) in [5, 5.41) is 13.0. The monoisotopic (exact) mass is 374 g/mol. The van der Waals surface area contributed by atoms with E-state index in [1.165, 1.54) is 0 Å². The quantitative estimate of drug-likeness (QED) is 0.658. The molecule has 7 nitrogen and oxygen atoms in total. The Morgan fingerprint density at radius 2 is 1.84 bits per heavy atom. The maximum absolute atomic E-state index is 12.2. The summed E-state index contributed by atoms with van der Waals surface area (Å²) in [6.07, 6.45) is 0.689. The topological polar surface area (TPSA) is 103 Å². The summed E-state index contributed by atoms with van der Waals surface area (Å²) in [7, 11) is 3.08. The van der Waals surface area contributed by atoms with Gasteiger partial charge in [0, 0.05) is 25.8 Å². The number of halogens is 1. The summed E-state index contributed by atoms with van der Waals surface area (Å²) in [6, 6.07) is 4.55. The first-order chi connectivity index (χ1) is 11.5. The van der Waals surface area contributed by atoms with Crippen molar-refractivity contribution < 1.29 is 24.1 Å². The molecular weight excluding hydrogens is 348 g/mol. The van der Waals surface area contributed by atoms with Crippen LogP contribution in [0.3, 0.4) is 0 Å². The molecular formula is C17H27ClN2O5.